The van der Waals surface area contributed by atoms with Gasteiger partial charge in [0.15, 0.2) is 0 Å². The van der Waals surface area contributed by atoms with E-state index in [2.05, 4.69) is 39.0 Å². The molecule has 0 aliphatic heterocycles. The van der Waals surface area contributed by atoms with E-state index in [0.717, 1.165) is 38.0 Å². The van der Waals surface area contributed by atoms with Crippen LogP contribution in [0.2, 0.25) is 0 Å². The van der Waals surface area contributed by atoms with Crippen molar-refractivity contribution in [2.75, 3.05) is 6.61 Å². The summed E-state index contributed by atoms with van der Waals surface area (Å²) in [5.74, 6) is 4.11. The van der Waals surface area contributed by atoms with Gasteiger partial charge in [0, 0.05) is 11.8 Å². The second-order valence-electron chi connectivity index (χ2n) is 8.90. The normalized spacial score (nSPS) is 34.7. The predicted octanol–water partition coefficient (Wildman–Crippen LogP) is 5.15. The molecule has 0 amide bonds. The first kappa shape index (κ1) is 16.2. The Kier molecular flexibility index (Phi) is 3.97. The quantitative estimate of drug-likeness (QED) is 0.768. The lowest BCUT2D eigenvalue weighted by Crippen LogP contribution is -2.42. The molecule has 4 unspecified atom stereocenters. The van der Waals surface area contributed by atoms with E-state index in [1.165, 1.54) is 18.4 Å². The van der Waals surface area contributed by atoms with Crippen molar-refractivity contribution < 1.29 is 9.53 Å². The molecule has 24 heavy (non-hydrogen) atoms. The third-order valence-electron chi connectivity index (χ3n) is 6.99. The summed E-state index contributed by atoms with van der Waals surface area (Å²) < 4.78 is 5.92. The molecule has 0 spiro atoms. The van der Waals surface area contributed by atoms with Crippen LogP contribution in [0.3, 0.4) is 0 Å². The van der Waals surface area contributed by atoms with Gasteiger partial charge in [-0.3, -0.25) is 4.79 Å². The zero-order valence-electron chi connectivity index (χ0n) is 15.3. The standard InChI is InChI=1S/C22H30O2/c1-14(2)13-24-16-5-7-17-15(12-16)4-6-19-18(17)10-11-22(3)20(19)8-9-21(22)23/h5,7,12,14,18-20H,4,6,8-11,13H2,1-3H3. The molecule has 2 fully saturated rings. The number of rotatable bonds is 3. The summed E-state index contributed by atoms with van der Waals surface area (Å²) in [5.41, 5.74) is 3.02. The smallest absolute Gasteiger partial charge is 0.139 e. The minimum absolute atomic E-state index is 0.0149. The fourth-order valence-electron chi connectivity index (χ4n) is 5.68. The second kappa shape index (κ2) is 5.89. The number of ketones is 1. The van der Waals surface area contributed by atoms with E-state index >= 15 is 0 Å². The van der Waals surface area contributed by atoms with Crippen LogP contribution < -0.4 is 4.74 Å². The van der Waals surface area contributed by atoms with Crippen LogP contribution in [0.1, 0.15) is 69.9 Å². The number of fused-ring (bicyclic) bond motifs is 5. The molecule has 2 heteroatoms. The van der Waals surface area contributed by atoms with Crippen molar-refractivity contribution >= 4 is 5.78 Å². The van der Waals surface area contributed by atoms with E-state index in [1.54, 1.807) is 5.56 Å². The SMILES string of the molecule is CC(C)COc1ccc2c(c1)CCC1C2CCC2(C)C(=O)CCC12. The van der Waals surface area contributed by atoms with Crippen LogP contribution in [0.5, 0.6) is 5.75 Å². The molecule has 0 N–H and O–H groups in total. The largest absolute Gasteiger partial charge is 0.493 e. The van der Waals surface area contributed by atoms with Gasteiger partial charge in [0.1, 0.15) is 11.5 Å². The Labute approximate surface area is 146 Å². The highest BCUT2D eigenvalue weighted by molar-refractivity contribution is 5.87. The Hall–Kier alpha value is -1.31. The second-order valence-corrected chi connectivity index (χ2v) is 8.90. The summed E-state index contributed by atoms with van der Waals surface area (Å²) >= 11 is 0. The summed E-state index contributed by atoms with van der Waals surface area (Å²) in [6.07, 6.45) is 6.61. The van der Waals surface area contributed by atoms with E-state index in [9.17, 15) is 4.79 Å². The molecule has 2 saturated carbocycles. The lowest BCUT2D eigenvalue weighted by molar-refractivity contribution is -0.129. The average Bonchev–Trinajstić information content (AvgIpc) is 2.88. The highest BCUT2D eigenvalue weighted by Gasteiger charge is 2.54. The Morgan fingerprint density at radius 1 is 1.21 bits per heavy atom. The number of benzene rings is 1. The van der Waals surface area contributed by atoms with Crippen LogP contribution in [0.4, 0.5) is 0 Å². The molecule has 0 bridgehead atoms. The van der Waals surface area contributed by atoms with E-state index in [4.69, 9.17) is 4.74 Å². The van der Waals surface area contributed by atoms with E-state index in [-0.39, 0.29) is 5.41 Å². The van der Waals surface area contributed by atoms with Gasteiger partial charge >= 0.3 is 0 Å². The average molecular weight is 326 g/mol. The van der Waals surface area contributed by atoms with Crippen molar-refractivity contribution in [2.45, 2.75) is 65.2 Å². The number of hydrogen-bond acceptors (Lipinski definition) is 2. The van der Waals surface area contributed by atoms with Crippen molar-refractivity contribution in [3.05, 3.63) is 29.3 Å². The van der Waals surface area contributed by atoms with Crippen molar-refractivity contribution in [2.24, 2.45) is 23.2 Å². The third kappa shape index (κ3) is 2.50. The first-order valence-electron chi connectivity index (χ1n) is 9.78. The van der Waals surface area contributed by atoms with Crippen LogP contribution in [0.25, 0.3) is 0 Å². The number of aryl methyl sites for hydroxylation is 1. The van der Waals surface area contributed by atoms with Gasteiger partial charge in [0.2, 0.25) is 0 Å². The Bertz CT molecular complexity index is 647. The summed E-state index contributed by atoms with van der Waals surface area (Å²) in [4.78, 5) is 12.4. The number of carbonyl (C=O) groups is 1. The van der Waals surface area contributed by atoms with Crippen molar-refractivity contribution in [3.63, 3.8) is 0 Å². The molecule has 2 nitrogen and oxygen atoms in total. The summed E-state index contributed by atoms with van der Waals surface area (Å²) in [7, 11) is 0. The van der Waals surface area contributed by atoms with Gasteiger partial charge in [-0.15, -0.1) is 0 Å². The molecular formula is C22H30O2. The molecule has 0 aromatic heterocycles. The molecular weight excluding hydrogens is 296 g/mol. The zero-order valence-corrected chi connectivity index (χ0v) is 15.3. The Morgan fingerprint density at radius 2 is 2.04 bits per heavy atom. The fourth-order valence-corrected chi connectivity index (χ4v) is 5.68. The maximum absolute atomic E-state index is 12.4. The van der Waals surface area contributed by atoms with Crippen LogP contribution >= 0.6 is 0 Å². The minimum Gasteiger partial charge on any atom is -0.493 e. The van der Waals surface area contributed by atoms with Crippen LogP contribution in [-0.4, -0.2) is 12.4 Å². The number of hydrogen-bond donors (Lipinski definition) is 0. The fraction of sp³-hybridized carbons (Fsp3) is 0.682. The molecule has 130 valence electrons. The van der Waals surface area contributed by atoms with Crippen molar-refractivity contribution in [1.29, 1.82) is 0 Å². The molecule has 0 heterocycles. The van der Waals surface area contributed by atoms with Crippen LogP contribution in [0, 0.1) is 23.2 Å². The minimum atomic E-state index is -0.0149. The van der Waals surface area contributed by atoms with Gasteiger partial charge in [-0.1, -0.05) is 26.8 Å². The topological polar surface area (TPSA) is 26.3 Å². The summed E-state index contributed by atoms with van der Waals surface area (Å²) in [6.45, 7) is 7.41. The van der Waals surface area contributed by atoms with Gasteiger partial charge in [-0.05, 0) is 79.0 Å². The predicted molar refractivity (Wildman–Crippen MR) is 96.4 cm³/mol. The highest BCUT2D eigenvalue weighted by atomic mass is 16.5. The van der Waals surface area contributed by atoms with Gasteiger partial charge in [-0.2, -0.15) is 0 Å². The van der Waals surface area contributed by atoms with Gasteiger partial charge in [0.25, 0.3) is 0 Å². The van der Waals surface area contributed by atoms with E-state index in [0.29, 0.717) is 29.5 Å². The molecule has 1 aromatic rings. The van der Waals surface area contributed by atoms with E-state index in [1.807, 2.05) is 0 Å². The molecule has 0 radical (unpaired) electrons. The van der Waals surface area contributed by atoms with Crippen LogP contribution in [0.15, 0.2) is 18.2 Å². The molecule has 4 atom stereocenters. The van der Waals surface area contributed by atoms with Gasteiger partial charge < -0.3 is 4.74 Å². The molecule has 0 saturated heterocycles. The monoisotopic (exact) mass is 326 g/mol. The third-order valence-corrected chi connectivity index (χ3v) is 6.99. The van der Waals surface area contributed by atoms with Gasteiger partial charge in [0.05, 0.1) is 6.61 Å². The lowest BCUT2D eigenvalue weighted by atomic mass is 9.55. The van der Waals surface area contributed by atoms with Crippen molar-refractivity contribution in [3.8, 4) is 5.75 Å². The maximum atomic E-state index is 12.4. The Morgan fingerprint density at radius 3 is 2.83 bits per heavy atom. The number of Topliss-reactive ketones (excluding diaryl/α,β-unsaturated/α-hetero) is 1. The highest BCUT2D eigenvalue weighted by Crippen LogP contribution is 2.59. The van der Waals surface area contributed by atoms with Crippen LogP contribution in [-0.2, 0) is 11.2 Å². The lowest BCUT2D eigenvalue weighted by Gasteiger charge is -2.48. The number of ether oxygens (including phenoxy) is 1. The maximum Gasteiger partial charge on any atom is 0.139 e. The van der Waals surface area contributed by atoms with Crippen molar-refractivity contribution in [1.82, 2.24) is 0 Å². The number of carbonyl (C=O) groups excluding carboxylic acids is 1. The first-order chi connectivity index (χ1) is 11.5. The van der Waals surface area contributed by atoms with Gasteiger partial charge in [-0.25, -0.2) is 0 Å². The summed E-state index contributed by atoms with van der Waals surface area (Å²) in [5, 5.41) is 0. The molecule has 1 aromatic carbocycles. The molecule has 4 rings (SSSR count). The van der Waals surface area contributed by atoms with E-state index < -0.39 is 0 Å². The zero-order chi connectivity index (χ0) is 16.9. The molecule has 3 aliphatic carbocycles. The Balaban J connectivity index is 1.58. The molecule has 3 aliphatic rings. The first-order valence-corrected chi connectivity index (χ1v) is 9.78. The summed E-state index contributed by atoms with van der Waals surface area (Å²) in [6, 6.07) is 6.76.